The van der Waals surface area contributed by atoms with Crippen molar-refractivity contribution in [2.75, 3.05) is 13.2 Å². The summed E-state index contributed by atoms with van der Waals surface area (Å²) >= 11 is 0. The Morgan fingerprint density at radius 1 is 0.313 bits per heavy atom. The van der Waals surface area contributed by atoms with Crippen LogP contribution in [0.5, 0.6) is 0 Å². The van der Waals surface area contributed by atoms with E-state index in [2.05, 4.69) is 69.4 Å². The molecule has 0 radical (unpaired) electrons. The summed E-state index contributed by atoms with van der Waals surface area (Å²) in [5, 5.41) is 0. The van der Waals surface area contributed by atoms with Crippen LogP contribution >= 0.6 is 0 Å². The molecule has 0 aromatic heterocycles. The minimum Gasteiger partial charge on any atom is -0.462 e. The molecule has 0 spiro atoms. The Morgan fingerprint density at radius 2 is 0.582 bits per heavy atom. The highest BCUT2D eigenvalue weighted by molar-refractivity contribution is 5.71. The molecular formula is C61H110O6. The van der Waals surface area contributed by atoms with Crippen molar-refractivity contribution in [2.24, 2.45) is 0 Å². The summed E-state index contributed by atoms with van der Waals surface area (Å²) in [7, 11) is 0. The third-order valence-electron chi connectivity index (χ3n) is 12.8. The number of hydrogen-bond donors (Lipinski definition) is 0. The molecule has 1 unspecified atom stereocenters. The van der Waals surface area contributed by atoms with Crippen LogP contribution in [-0.2, 0) is 28.6 Å². The van der Waals surface area contributed by atoms with Gasteiger partial charge in [0.1, 0.15) is 13.2 Å². The largest absolute Gasteiger partial charge is 0.462 e. The molecule has 0 aliphatic carbocycles. The van der Waals surface area contributed by atoms with Gasteiger partial charge in [0.05, 0.1) is 0 Å². The zero-order valence-corrected chi connectivity index (χ0v) is 44.7. The summed E-state index contributed by atoms with van der Waals surface area (Å²) in [6.45, 7) is 6.54. The number of allylic oxidation sites excluding steroid dienone is 8. The Kier molecular flexibility index (Phi) is 53.8. The zero-order chi connectivity index (χ0) is 48.6. The van der Waals surface area contributed by atoms with Crippen LogP contribution in [0, 0.1) is 0 Å². The number of hydrogen-bond acceptors (Lipinski definition) is 6. The second kappa shape index (κ2) is 56.0. The summed E-state index contributed by atoms with van der Waals surface area (Å²) in [6.07, 6.45) is 68.2. The molecule has 0 aliphatic heterocycles. The second-order valence-electron chi connectivity index (χ2n) is 19.5. The summed E-state index contributed by atoms with van der Waals surface area (Å²) < 4.78 is 16.9. The van der Waals surface area contributed by atoms with Gasteiger partial charge < -0.3 is 14.2 Å². The maximum atomic E-state index is 12.9. The highest BCUT2D eigenvalue weighted by Gasteiger charge is 2.19. The summed E-state index contributed by atoms with van der Waals surface area (Å²) in [5.74, 6) is -0.881. The van der Waals surface area contributed by atoms with Crippen molar-refractivity contribution in [3.63, 3.8) is 0 Å². The van der Waals surface area contributed by atoms with E-state index < -0.39 is 6.10 Å². The first-order chi connectivity index (χ1) is 33.0. The molecule has 67 heavy (non-hydrogen) atoms. The van der Waals surface area contributed by atoms with Crippen molar-refractivity contribution in [1.82, 2.24) is 0 Å². The number of ether oxygens (including phenoxy) is 3. The Hall–Kier alpha value is -2.63. The summed E-state index contributed by atoms with van der Waals surface area (Å²) in [6, 6.07) is 0. The average Bonchev–Trinajstić information content (AvgIpc) is 3.33. The van der Waals surface area contributed by atoms with Gasteiger partial charge in [-0.05, 0) is 77.0 Å². The van der Waals surface area contributed by atoms with Gasteiger partial charge in [-0.2, -0.15) is 0 Å². The molecule has 0 aliphatic rings. The molecule has 0 aromatic rings. The number of rotatable bonds is 53. The summed E-state index contributed by atoms with van der Waals surface area (Å²) in [4.78, 5) is 38.1. The Morgan fingerprint density at radius 3 is 0.940 bits per heavy atom. The number of esters is 3. The van der Waals surface area contributed by atoms with Crippen LogP contribution in [-0.4, -0.2) is 37.2 Å². The van der Waals surface area contributed by atoms with E-state index in [1.54, 1.807) is 0 Å². The zero-order valence-electron chi connectivity index (χ0n) is 44.7. The lowest BCUT2D eigenvalue weighted by Gasteiger charge is -2.18. The third kappa shape index (κ3) is 54.2. The Balaban J connectivity index is 4.34. The van der Waals surface area contributed by atoms with Gasteiger partial charge >= 0.3 is 17.9 Å². The van der Waals surface area contributed by atoms with E-state index in [0.29, 0.717) is 19.3 Å². The molecule has 0 saturated carbocycles. The SMILES string of the molecule is CC/C=C\C/C=C\C/C=C\CCCCCCCCCC(=O)OC(COC(=O)CCCCCCC/C=C\CCCCCC)COC(=O)CCCCCCCCCCCCCCCCCCCCC. The molecule has 0 saturated heterocycles. The molecule has 0 N–H and O–H groups in total. The van der Waals surface area contributed by atoms with Crippen molar-refractivity contribution in [3.05, 3.63) is 48.6 Å². The maximum Gasteiger partial charge on any atom is 0.306 e. The van der Waals surface area contributed by atoms with Gasteiger partial charge in [-0.1, -0.05) is 256 Å². The molecule has 0 amide bonds. The van der Waals surface area contributed by atoms with Gasteiger partial charge in [0.15, 0.2) is 6.10 Å². The predicted octanol–water partition coefficient (Wildman–Crippen LogP) is 19.4. The van der Waals surface area contributed by atoms with Crippen LogP contribution in [0.4, 0.5) is 0 Å². The Labute approximate surface area is 416 Å². The van der Waals surface area contributed by atoms with E-state index in [0.717, 1.165) is 89.9 Å². The lowest BCUT2D eigenvalue weighted by Crippen LogP contribution is -2.30. The van der Waals surface area contributed by atoms with Crippen LogP contribution in [0.1, 0.15) is 303 Å². The quantitative estimate of drug-likeness (QED) is 0.0262. The van der Waals surface area contributed by atoms with Crippen molar-refractivity contribution >= 4 is 17.9 Å². The molecule has 390 valence electrons. The monoisotopic (exact) mass is 939 g/mol. The minimum absolute atomic E-state index is 0.0767. The van der Waals surface area contributed by atoms with Crippen LogP contribution in [0.3, 0.4) is 0 Å². The smallest absolute Gasteiger partial charge is 0.306 e. The standard InChI is InChI=1S/C61H110O6/c1-4-7-10-13-16-19-22-25-27-29-30-32-33-36-39-42-45-48-51-54-60(63)66-57-58(56-65-59(62)53-50-47-44-41-38-35-24-21-18-15-12-9-6-3)67-61(64)55-52-49-46-43-40-37-34-31-28-26-23-20-17-14-11-8-5-2/h8,11,17,20-21,24,26,28,58H,4-7,9-10,12-16,18-19,22-23,25,27,29-57H2,1-3H3/b11-8-,20-17-,24-21-,28-26-. The number of unbranched alkanes of at least 4 members (excludes halogenated alkanes) is 34. The van der Waals surface area contributed by atoms with Crippen molar-refractivity contribution < 1.29 is 28.6 Å². The average molecular weight is 940 g/mol. The molecule has 6 heteroatoms. The molecule has 6 nitrogen and oxygen atoms in total. The molecule has 1 atom stereocenters. The highest BCUT2D eigenvalue weighted by atomic mass is 16.6. The van der Waals surface area contributed by atoms with E-state index in [9.17, 15) is 14.4 Å². The van der Waals surface area contributed by atoms with Crippen LogP contribution in [0.25, 0.3) is 0 Å². The summed E-state index contributed by atoms with van der Waals surface area (Å²) in [5.41, 5.74) is 0. The second-order valence-corrected chi connectivity index (χ2v) is 19.5. The van der Waals surface area contributed by atoms with E-state index >= 15 is 0 Å². The normalized spacial score (nSPS) is 12.3. The fraction of sp³-hybridized carbons (Fsp3) is 0.820. The van der Waals surface area contributed by atoms with Gasteiger partial charge in [0.25, 0.3) is 0 Å². The van der Waals surface area contributed by atoms with E-state index in [1.807, 2.05) is 0 Å². The number of carbonyl (C=O) groups is 3. The molecule has 0 heterocycles. The molecular weight excluding hydrogens is 829 g/mol. The van der Waals surface area contributed by atoms with Crippen LogP contribution < -0.4 is 0 Å². The van der Waals surface area contributed by atoms with Crippen molar-refractivity contribution in [3.8, 4) is 0 Å². The van der Waals surface area contributed by atoms with Crippen molar-refractivity contribution in [2.45, 2.75) is 309 Å². The van der Waals surface area contributed by atoms with Crippen LogP contribution in [0.15, 0.2) is 48.6 Å². The molecule has 0 aromatic carbocycles. The maximum absolute atomic E-state index is 12.9. The topological polar surface area (TPSA) is 78.9 Å². The Bertz CT molecular complexity index is 1170. The van der Waals surface area contributed by atoms with Gasteiger partial charge in [-0.25, -0.2) is 0 Å². The van der Waals surface area contributed by atoms with E-state index in [-0.39, 0.29) is 31.1 Å². The fourth-order valence-corrected chi connectivity index (χ4v) is 8.45. The minimum atomic E-state index is -0.779. The van der Waals surface area contributed by atoms with Gasteiger partial charge in [0.2, 0.25) is 0 Å². The van der Waals surface area contributed by atoms with E-state index in [1.165, 1.54) is 173 Å². The van der Waals surface area contributed by atoms with E-state index in [4.69, 9.17) is 14.2 Å². The first kappa shape index (κ1) is 64.4. The van der Waals surface area contributed by atoms with Gasteiger partial charge in [-0.3, -0.25) is 14.4 Å². The lowest BCUT2D eigenvalue weighted by molar-refractivity contribution is -0.167. The third-order valence-corrected chi connectivity index (χ3v) is 12.8. The highest BCUT2D eigenvalue weighted by Crippen LogP contribution is 2.17. The van der Waals surface area contributed by atoms with Crippen molar-refractivity contribution in [1.29, 1.82) is 0 Å². The molecule has 0 fully saturated rings. The first-order valence-corrected chi connectivity index (χ1v) is 29.1. The fourth-order valence-electron chi connectivity index (χ4n) is 8.45. The molecule has 0 rings (SSSR count). The first-order valence-electron chi connectivity index (χ1n) is 29.1. The number of carbonyl (C=O) groups excluding carboxylic acids is 3. The van der Waals surface area contributed by atoms with Gasteiger partial charge in [-0.15, -0.1) is 0 Å². The lowest BCUT2D eigenvalue weighted by atomic mass is 10.0. The van der Waals surface area contributed by atoms with Crippen LogP contribution in [0.2, 0.25) is 0 Å². The molecule has 0 bridgehead atoms. The van der Waals surface area contributed by atoms with Gasteiger partial charge in [0, 0.05) is 19.3 Å². The predicted molar refractivity (Wildman–Crippen MR) is 289 cm³/mol.